The van der Waals surface area contributed by atoms with Crippen LogP contribution in [0.15, 0.2) is 18.2 Å². The molecule has 0 saturated heterocycles. The molecule has 72 valence electrons. The van der Waals surface area contributed by atoms with Gasteiger partial charge in [0.15, 0.2) is 0 Å². The van der Waals surface area contributed by atoms with Gasteiger partial charge in [-0.05, 0) is 31.4 Å². The highest BCUT2D eigenvalue weighted by atomic mass is 31.1. The minimum absolute atomic E-state index is 0.507. The van der Waals surface area contributed by atoms with E-state index in [0.717, 1.165) is 13.0 Å². The smallest absolute Gasteiger partial charge is 0.0507 e. The summed E-state index contributed by atoms with van der Waals surface area (Å²) in [6.07, 6.45) is 1.10. The molecular formula is C11H17OP. The summed E-state index contributed by atoms with van der Waals surface area (Å²) in [7, 11) is 0.507. The summed E-state index contributed by atoms with van der Waals surface area (Å²) >= 11 is 0. The first-order chi connectivity index (χ1) is 6.25. The molecule has 1 aromatic rings. The van der Waals surface area contributed by atoms with Crippen LogP contribution in [0.1, 0.15) is 24.5 Å². The largest absolute Gasteiger partial charge is 0.358 e. The fraction of sp³-hybridized carbons (Fsp3) is 0.455. The van der Waals surface area contributed by atoms with Gasteiger partial charge in [-0.1, -0.05) is 25.1 Å². The average molecular weight is 196 g/mol. The van der Waals surface area contributed by atoms with Crippen LogP contribution >= 0.6 is 8.81 Å². The lowest BCUT2D eigenvalue weighted by atomic mass is 10.1. The van der Waals surface area contributed by atoms with Gasteiger partial charge in [0.25, 0.3) is 0 Å². The predicted octanol–water partition coefficient (Wildman–Crippen LogP) is 2.95. The van der Waals surface area contributed by atoms with Gasteiger partial charge in [-0.3, -0.25) is 0 Å². The lowest BCUT2D eigenvalue weighted by molar-refractivity contribution is 0.366. The first-order valence-electron chi connectivity index (χ1n) is 4.69. The molecule has 0 radical (unpaired) electrons. The maximum Gasteiger partial charge on any atom is 0.0507 e. The highest BCUT2D eigenvalue weighted by Gasteiger charge is 1.99. The molecule has 1 aromatic carbocycles. The summed E-state index contributed by atoms with van der Waals surface area (Å²) in [4.78, 5) is 0. The fourth-order valence-electron chi connectivity index (χ4n) is 1.09. The Bertz CT molecular complexity index is 271. The Labute approximate surface area is 82.4 Å². The van der Waals surface area contributed by atoms with Crippen molar-refractivity contribution in [2.45, 2.75) is 27.2 Å². The Kier molecular flexibility index (Phi) is 4.41. The zero-order valence-electron chi connectivity index (χ0n) is 8.55. The first kappa shape index (κ1) is 10.7. The van der Waals surface area contributed by atoms with Crippen molar-refractivity contribution in [2.75, 3.05) is 6.61 Å². The highest BCUT2D eigenvalue weighted by Crippen LogP contribution is 2.16. The van der Waals surface area contributed by atoms with Gasteiger partial charge in [0, 0.05) is 14.1 Å². The SMILES string of the molecule is CCCOPc1cccc(C)c1C. The molecule has 0 heterocycles. The van der Waals surface area contributed by atoms with Crippen molar-refractivity contribution < 1.29 is 4.52 Å². The van der Waals surface area contributed by atoms with Crippen molar-refractivity contribution in [3.63, 3.8) is 0 Å². The van der Waals surface area contributed by atoms with E-state index >= 15 is 0 Å². The van der Waals surface area contributed by atoms with Crippen molar-refractivity contribution in [1.29, 1.82) is 0 Å². The van der Waals surface area contributed by atoms with Crippen LogP contribution in [0.2, 0.25) is 0 Å². The monoisotopic (exact) mass is 196 g/mol. The third-order valence-electron chi connectivity index (χ3n) is 2.09. The van der Waals surface area contributed by atoms with Crippen molar-refractivity contribution in [1.82, 2.24) is 0 Å². The lowest BCUT2D eigenvalue weighted by Gasteiger charge is -2.07. The Morgan fingerprint density at radius 3 is 2.77 bits per heavy atom. The van der Waals surface area contributed by atoms with Crippen LogP contribution in [0.5, 0.6) is 0 Å². The predicted molar refractivity (Wildman–Crippen MR) is 60.1 cm³/mol. The van der Waals surface area contributed by atoms with Gasteiger partial charge in [0.05, 0.1) is 6.61 Å². The molecule has 0 spiro atoms. The van der Waals surface area contributed by atoms with E-state index in [0.29, 0.717) is 8.81 Å². The molecule has 1 atom stereocenters. The van der Waals surface area contributed by atoms with E-state index in [1.807, 2.05) is 0 Å². The summed E-state index contributed by atoms with van der Waals surface area (Å²) in [6, 6.07) is 6.39. The minimum Gasteiger partial charge on any atom is -0.358 e. The molecule has 0 aliphatic carbocycles. The van der Waals surface area contributed by atoms with E-state index in [-0.39, 0.29) is 0 Å². The van der Waals surface area contributed by atoms with Gasteiger partial charge in [0.2, 0.25) is 0 Å². The standard InChI is InChI=1S/C11H17OP/c1-4-8-12-13-11-7-5-6-9(2)10(11)3/h5-7,13H,4,8H2,1-3H3. The molecule has 13 heavy (non-hydrogen) atoms. The Hall–Kier alpha value is -0.390. The number of rotatable bonds is 4. The molecule has 0 bridgehead atoms. The van der Waals surface area contributed by atoms with Crippen molar-refractivity contribution in [3.05, 3.63) is 29.3 Å². The second-order valence-corrected chi connectivity index (χ2v) is 4.23. The summed E-state index contributed by atoms with van der Waals surface area (Å²) in [5, 5.41) is 1.34. The molecular weight excluding hydrogens is 179 g/mol. The van der Waals surface area contributed by atoms with Crippen LogP contribution in [0, 0.1) is 13.8 Å². The third kappa shape index (κ3) is 3.10. The van der Waals surface area contributed by atoms with E-state index in [1.165, 1.54) is 16.4 Å². The maximum atomic E-state index is 5.53. The summed E-state index contributed by atoms with van der Waals surface area (Å²) in [5.74, 6) is 0. The Morgan fingerprint density at radius 2 is 2.08 bits per heavy atom. The van der Waals surface area contributed by atoms with E-state index < -0.39 is 0 Å². The molecule has 0 aromatic heterocycles. The first-order valence-corrected chi connectivity index (χ1v) is 5.60. The highest BCUT2D eigenvalue weighted by molar-refractivity contribution is 7.42. The molecule has 0 fully saturated rings. The quantitative estimate of drug-likeness (QED) is 0.531. The molecule has 1 unspecified atom stereocenters. The van der Waals surface area contributed by atoms with Crippen LogP contribution < -0.4 is 5.30 Å². The molecule has 2 heteroatoms. The van der Waals surface area contributed by atoms with Crippen LogP contribution in [-0.4, -0.2) is 6.61 Å². The number of benzene rings is 1. The minimum atomic E-state index is 0.507. The van der Waals surface area contributed by atoms with Gasteiger partial charge in [-0.2, -0.15) is 0 Å². The molecule has 1 nitrogen and oxygen atoms in total. The zero-order chi connectivity index (χ0) is 9.68. The lowest BCUT2D eigenvalue weighted by Crippen LogP contribution is -2.02. The van der Waals surface area contributed by atoms with Crippen molar-refractivity contribution in [2.24, 2.45) is 0 Å². The van der Waals surface area contributed by atoms with Crippen LogP contribution in [0.25, 0.3) is 0 Å². The molecule has 0 amide bonds. The summed E-state index contributed by atoms with van der Waals surface area (Å²) in [5.41, 5.74) is 2.72. The molecule has 1 rings (SSSR count). The second kappa shape index (κ2) is 5.36. The van der Waals surface area contributed by atoms with E-state index in [4.69, 9.17) is 4.52 Å². The third-order valence-corrected chi connectivity index (χ3v) is 3.20. The van der Waals surface area contributed by atoms with Crippen LogP contribution in [0.3, 0.4) is 0 Å². The Morgan fingerprint density at radius 1 is 1.31 bits per heavy atom. The average Bonchev–Trinajstić information content (AvgIpc) is 2.13. The van der Waals surface area contributed by atoms with Gasteiger partial charge < -0.3 is 4.52 Å². The van der Waals surface area contributed by atoms with E-state index in [1.54, 1.807) is 0 Å². The molecule has 0 aliphatic rings. The maximum absolute atomic E-state index is 5.53. The molecule has 0 aliphatic heterocycles. The zero-order valence-corrected chi connectivity index (χ0v) is 9.55. The van der Waals surface area contributed by atoms with Gasteiger partial charge in [-0.25, -0.2) is 0 Å². The number of hydrogen-bond donors (Lipinski definition) is 0. The van der Waals surface area contributed by atoms with Gasteiger partial charge in [0.1, 0.15) is 0 Å². The topological polar surface area (TPSA) is 9.23 Å². The van der Waals surface area contributed by atoms with Crippen LogP contribution in [-0.2, 0) is 4.52 Å². The summed E-state index contributed by atoms with van der Waals surface area (Å²) < 4.78 is 5.53. The summed E-state index contributed by atoms with van der Waals surface area (Å²) in [6.45, 7) is 7.30. The van der Waals surface area contributed by atoms with E-state index in [2.05, 4.69) is 39.0 Å². The second-order valence-electron chi connectivity index (χ2n) is 3.20. The van der Waals surface area contributed by atoms with Crippen LogP contribution in [0.4, 0.5) is 0 Å². The molecule has 0 saturated carbocycles. The normalized spacial score (nSPS) is 11.3. The Balaban J connectivity index is 2.61. The number of aryl methyl sites for hydroxylation is 1. The number of hydrogen-bond acceptors (Lipinski definition) is 1. The van der Waals surface area contributed by atoms with Gasteiger partial charge >= 0.3 is 0 Å². The van der Waals surface area contributed by atoms with Crippen molar-refractivity contribution in [3.8, 4) is 0 Å². The van der Waals surface area contributed by atoms with Crippen molar-refractivity contribution >= 4 is 14.1 Å². The fourth-order valence-corrected chi connectivity index (χ4v) is 2.07. The van der Waals surface area contributed by atoms with Gasteiger partial charge in [-0.15, -0.1) is 0 Å². The molecule has 0 N–H and O–H groups in total. The van der Waals surface area contributed by atoms with E-state index in [9.17, 15) is 0 Å².